The predicted octanol–water partition coefficient (Wildman–Crippen LogP) is 5.26. The lowest BCUT2D eigenvalue weighted by Crippen LogP contribution is -2.48. The van der Waals surface area contributed by atoms with Crippen LogP contribution in [0.1, 0.15) is 12.0 Å². The fourth-order valence-corrected chi connectivity index (χ4v) is 4.57. The van der Waals surface area contributed by atoms with E-state index in [1.807, 2.05) is 41.3 Å². The molecule has 2 heterocycles. The van der Waals surface area contributed by atoms with Gasteiger partial charge in [0.05, 0.1) is 0 Å². The van der Waals surface area contributed by atoms with Crippen molar-refractivity contribution >= 4 is 22.5 Å². The number of aromatic amines is 1. The topological polar surface area (TPSA) is 39.3 Å². The fourth-order valence-electron chi connectivity index (χ4n) is 4.57. The van der Waals surface area contributed by atoms with E-state index in [1.54, 1.807) is 12.1 Å². The standard InChI is InChI=1S/C27H26FN3O/c28-21-12-10-20(11-13-21)27-24(23-8-4-5-9-25(23)29-27)14-15-26(32)31-18-16-30(17-19-31)22-6-2-1-3-7-22/h1-13,29H,14-19H2. The Balaban J connectivity index is 1.29. The van der Waals surface area contributed by atoms with Crippen LogP contribution in [0.4, 0.5) is 10.1 Å². The van der Waals surface area contributed by atoms with Crippen LogP contribution in [-0.4, -0.2) is 42.0 Å². The van der Waals surface area contributed by atoms with Crippen molar-refractivity contribution in [3.8, 4) is 11.3 Å². The molecule has 0 spiro atoms. The van der Waals surface area contributed by atoms with E-state index in [-0.39, 0.29) is 11.7 Å². The number of piperazine rings is 1. The number of nitrogens with one attached hydrogen (secondary N) is 1. The zero-order chi connectivity index (χ0) is 21.9. The van der Waals surface area contributed by atoms with Crippen LogP contribution in [-0.2, 0) is 11.2 Å². The molecule has 4 aromatic rings. The van der Waals surface area contributed by atoms with Gasteiger partial charge in [0.2, 0.25) is 5.91 Å². The molecule has 162 valence electrons. The van der Waals surface area contributed by atoms with E-state index in [0.29, 0.717) is 12.8 Å². The lowest BCUT2D eigenvalue weighted by atomic mass is 10.0. The van der Waals surface area contributed by atoms with Crippen LogP contribution in [0, 0.1) is 5.82 Å². The maximum atomic E-state index is 13.4. The van der Waals surface area contributed by atoms with Gasteiger partial charge in [-0.2, -0.15) is 0 Å². The molecule has 0 aliphatic carbocycles. The first-order chi connectivity index (χ1) is 15.7. The van der Waals surface area contributed by atoms with Crippen LogP contribution < -0.4 is 4.90 Å². The van der Waals surface area contributed by atoms with E-state index in [0.717, 1.165) is 53.9 Å². The monoisotopic (exact) mass is 427 g/mol. The molecule has 1 N–H and O–H groups in total. The molecule has 0 unspecified atom stereocenters. The first-order valence-corrected chi connectivity index (χ1v) is 11.1. The van der Waals surface area contributed by atoms with Gasteiger partial charge in [-0.05, 0) is 60.0 Å². The number of anilines is 1. The summed E-state index contributed by atoms with van der Waals surface area (Å²) in [6.07, 6.45) is 1.11. The zero-order valence-corrected chi connectivity index (χ0v) is 17.9. The first kappa shape index (κ1) is 20.3. The second-order valence-corrected chi connectivity index (χ2v) is 8.23. The SMILES string of the molecule is O=C(CCc1c(-c2ccc(F)cc2)[nH]c2ccccc12)N1CCN(c2ccccc2)CC1. The van der Waals surface area contributed by atoms with Gasteiger partial charge < -0.3 is 14.8 Å². The number of amides is 1. The lowest BCUT2D eigenvalue weighted by molar-refractivity contribution is -0.131. The van der Waals surface area contributed by atoms with E-state index in [9.17, 15) is 9.18 Å². The van der Waals surface area contributed by atoms with Gasteiger partial charge in [-0.25, -0.2) is 4.39 Å². The van der Waals surface area contributed by atoms with E-state index in [1.165, 1.54) is 17.8 Å². The van der Waals surface area contributed by atoms with Gasteiger partial charge in [0, 0.05) is 54.9 Å². The number of hydrogen-bond acceptors (Lipinski definition) is 2. The van der Waals surface area contributed by atoms with Crippen molar-refractivity contribution in [2.24, 2.45) is 0 Å². The van der Waals surface area contributed by atoms with E-state index in [2.05, 4.69) is 28.1 Å². The average molecular weight is 428 g/mol. The number of H-pyrrole nitrogens is 1. The predicted molar refractivity (Wildman–Crippen MR) is 127 cm³/mol. The molecular formula is C27H26FN3O. The Bertz CT molecular complexity index is 1210. The summed E-state index contributed by atoms with van der Waals surface area (Å²) in [5.74, 6) is -0.0655. The molecule has 1 aromatic heterocycles. The molecule has 0 atom stereocenters. The number of halogens is 1. The highest BCUT2D eigenvalue weighted by Crippen LogP contribution is 2.31. The van der Waals surface area contributed by atoms with Gasteiger partial charge in [-0.3, -0.25) is 4.79 Å². The van der Waals surface area contributed by atoms with E-state index < -0.39 is 0 Å². The minimum Gasteiger partial charge on any atom is -0.368 e. The van der Waals surface area contributed by atoms with Crippen molar-refractivity contribution < 1.29 is 9.18 Å². The number of carbonyl (C=O) groups is 1. The Morgan fingerprint density at radius 1 is 0.844 bits per heavy atom. The molecule has 5 heteroatoms. The van der Waals surface area contributed by atoms with Crippen molar-refractivity contribution in [3.05, 3.63) is 90.2 Å². The number of aryl methyl sites for hydroxylation is 1. The zero-order valence-electron chi connectivity index (χ0n) is 17.9. The van der Waals surface area contributed by atoms with Crippen LogP contribution >= 0.6 is 0 Å². The van der Waals surface area contributed by atoms with Crippen molar-refractivity contribution in [2.75, 3.05) is 31.1 Å². The molecule has 32 heavy (non-hydrogen) atoms. The molecule has 1 amide bonds. The summed E-state index contributed by atoms with van der Waals surface area (Å²) in [5.41, 5.74) is 5.26. The molecule has 1 saturated heterocycles. The molecule has 4 nitrogen and oxygen atoms in total. The molecule has 0 saturated carbocycles. The highest BCUT2D eigenvalue weighted by molar-refractivity contribution is 5.91. The van der Waals surface area contributed by atoms with Gasteiger partial charge in [0.1, 0.15) is 5.82 Å². The minimum atomic E-state index is -0.253. The Labute approximate surface area is 187 Å². The number of aromatic nitrogens is 1. The summed E-state index contributed by atoms with van der Waals surface area (Å²) in [7, 11) is 0. The molecular weight excluding hydrogens is 401 g/mol. The summed E-state index contributed by atoms with van der Waals surface area (Å²) in [4.78, 5) is 20.8. The summed E-state index contributed by atoms with van der Waals surface area (Å²) < 4.78 is 13.4. The smallest absolute Gasteiger partial charge is 0.223 e. The molecule has 0 radical (unpaired) electrons. The second kappa shape index (κ2) is 8.87. The van der Waals surface area contributed by atoms with Crippen molar-refractivity contribution in [2.45, 2.75) is 12.8 Å². The number of fused-ring (bicyclic) bond motifs is 1. The van der Waals surface area contributed by atoms with Gasteiger partial charge in [-0.1, -0.05) is 36.4 Å². The largest absolute Gasteiger partial charge is 0.368 e. The number of hydrogen-bond donors (Lipinski definition) is 1. The molecule has 5 rings (SSSR count). The van der Waals surface area contributed by atoms with E-state index >= 15 is 0 Å². The molecule has 1 aliphatic rings. The maximum absolute atomic E-state index is 13.4. The van der Waals surface area contributed by atoms with Gasteiger partial charge in [0.25, 0.3) is 0 Å². The third kappa shape index (κ3) is 4.11. The third-order valence-corrected chi connectivity index (χ3v) is 6.29. The Kier molecular flexibility index (Phi) is 5.63. The number of para-hydroxylation sites is 2. The van der Waals surface area contributed by atoms with Crippen LogP contribution in [0.15, 0.2) is 78.9 Å². The average Bonchev–Trinajstić information content (AvgIpc) is 3.22. The first-order valence-electron chi connectivity index (χ1n) is 11.1. The van der Waals surface area contributed by atoms with Crippen LogP contribution in [0.3, 0.4) is 0 Å². The molecule has 0 bridgehead atoms. The Hall–Kier alpha value is -3.60. The number of nitrogens with zero attached hydrogens (tertiary/aromatic N) is 2. The second-order valence-electron chi connectivity index (χ2n) is 8.23. The quantitative estimate of drug-likeness (QED) is 0.472. The molecule has 1 fully saturated rings. The van der Waals surface area contributed by atoms with Gasteiger partial charge in [-0.15, -0.1) is 0 Å². The lowest BCUT2D eigenvalue weighted by Gasteiger charge is -2.36. The highest BCUT2D eigenvalue weighted by Gasteiger charge is 2.22. The normalized spacial score (nSPS) is 14.2. The van der Waals surface area contributed by atoms with E-state index in [4.69, 9.17) is 0 Å². The third-order valence-electron chi connectivity index (χ3n) is 6.29. The summed E-state index contributed by atoms with van der Waals surface area (Å²) in [6, 6.07) is 25.0. The van der Waals surface area contributed by atoms with Gasteiger partial charge in [0.15, 0.2) is 0 Å². The van der Waals surface area contributed by atoms with Crippen molar-refractivity contribution in [1.82, 2.24) is 9.88 Å². The summed E-state index contributed by atoms with van der Waals surface area (Å²) in [5, 5.41) is 1.12. The van der Waals surface area contributed by atoms with Crippen molar-refractivity contribution in [1.29, 1.82) is 0 Å². The summed E-state index contributed by atoms with van der Waals surface area (Å²) in [6.45, 7) is 3.19. The van der Waals surface area contributed by atoms with Crippen molar-refractivity contribution in [3.63, 3.8) is 0 Å². The van der Waals surface area contributed by atoms with Crippen LogP contribution in [0.25, 0.3) is 22.2 Å². The number of carbonyl (C=O) groups excluding carboxylic acids is 1. The van der Waals surface area contributed by atoms with Gasteiger partial charge >= 0.3 is 0 Å². The summed E-state index contributed by atoms with van der Waals surface area (Å²) >= 11 is 0. The molecule has 3 aromatic carbocycles. The molecule has 1 aliphatic heterocycles. The fraction of sp³-hybridized carbons (Fsp3) is 0.222. The maximum Gasteiger partial charge on any atom is 0.223 e. The minimum absolute atomic E-state index is 0.188. The Morgan fingerprint density at radius 3 is 2.28 bits per heavy atom. The van der Waals surface area contributed by atoms with Crippen LogP contribution in [0.5, 0.6) is 0 Å². The highest BCUT2D eigenvalue weighted by atomic mass is 19.1. The number of rotatable bonds is 5. The number of benzene rings is 3. The Morgan fingerprint density at radius 2 is 1.53 bits per heavy atom. The van der Waals surface area contributed by atoms with Crippen LogP contribution in [0.2, 0.25) is 0 Å².